The van der Waals surface area contributed by atoms with Crippen LogP contribution in [0.3, 0.4) is 0 Å². The molecule has 64 heavy (non-hydrogen) atoms. The van der Waals surface area contributed by atoms with Crippen LogP contribution in [0, 0.1) is 0 Å². The first-order chi connectivity index (χ1) is 30.1. The molecule has 1 aliphatic carbocycles. The van der Waals surface area contributed by atoms with Crippen LogP contribution in [0.5, 0.6) is 0 Å². The molecule has 0 spiro atoms. The van der Waals surface area contributed by atoms with Crippen LogP contribution in [0.4, 0.5) is 0 Å². The molecule has 0 fully saturated rings. The van der Waals surface area contributed by atoms with Gasteiger partial charge in [0.25, 0.3) is 0 Å². The molecule has 0 N–H and O–H groups in total. The monoisotopic (exact) mass is 1130 g/mol. The zero-order valence-electron chi connectivity index (χ0n) is 43.6. The molecule has 0 radical (unpaired) electrons. The molecule has 0 atom stereocenters. The first kappa shape index (κ1) is 53.9. The Morgan fingerprint density at radius 1 is 0.297 bits per heavy atom. The predicted molar refractivity (Wildman–Crippen MR) is 291 cm³/mol. The molecule has 0 aromatic heterocycles. The second kappa shape index (κ2) is 23.5. The summed E-state index contributed by atoms with van der Waals surface area (Å²) >= 11 is 2.68. The van der Waals surface area contributed by atoms with Gasteiger partial charge >= 0.3 is 424 Å². The molecule has 5 rings (SSSR count). The van der Waals surface area contributed by atoms with Crippen molar-refractivity contribution >= 4 is 59.8 Å². The summed E-state index contributed by atoms with van der Waals surface area (Å²) in [4.78, 5) is 0. The van der Waals surface area contributed by atoms with Gasteiger partial charge in [-0.2, -0.15) is 0 Å². The Kier molecular flexibility index (Phi) is 19.8. The van der Waals surface area contributed by atoms with Gasteiger partial charge in [-0.25, -0.2) is 0 Å². The normalized spacial score (nSPS) is 13.8. The molecule has 352 valence electrons. The summed E-state index contributed by atoms with van der Waals surface area (Å²) in [5, 5.41) is 10.6. The van der Waals surface area contributed by atoms with Gasteiger partial charge in [-0.3, -0.25) is 0 Å². The van der Waals surface area contributed by atoms with Gasteiger partial charge < -0.3 is 0 Å². The summed E-state index contributed by atoms with van der Waals surface area (Å²) in [6, 6.07) is 21.5. The molecule has 4 aromatic rings. The molecule has 8 bridgehead atoms. The maximum atomic E-state index is 2.69. The maximum absolute atomic E-state index is 2.69. The second-order valence-electron chi connectivity index (χ2n) is 22.6. The third kappa shape index (κ3) is 14.5. The number of fused-ring (bicyclic) bond motifs is 8. The van der Waals surface area contributed by atoms with E-state index in [0.29, 0.717) is 59.8 Å². The topological polar surface area (TPSA) is 0 Å². The van der Waals surface area contributed by atoms with E-state index in [4.69, 9.17) is 0 Å². The Bertz CT molecular complexity index is 1760. The Morgan fingerprint density at radius 2 is 0.453 bits per heavy atom. The average molecular weight is 1130 g/mol. The van der Waals surface area contributed by atoms with E-state index in [2.05, 4.69) is 159 Å². The van der Waals surface area contributed by atoms with Crippen molar-refractivity contribution in [1.82, 2.24) is 0 Å². The summed E-state index contributed by atoms with van der Waals surface area (Å²) in [6.45, 7) is 39.0. The van der Waals surface area contributed by atoms with Gasteiger partial charge in [0.05, 0.1) is 0 Å². The first-order valence-corrected chi connectivity index (χ1v) is 34.7. The molecule has 0 saturated carbocycles. The minimum absolute atomic E-state index is 0.0644. The summed E-state index contributed by atoms with van der Waals surface area (Å²) in [5.74, 6) is 0. The van der Waals surface area contributed by atoms with E-state index in [1.165, 1.54) is 90.5 Å². The van der Waals surface area contributed by atoms with Crippen molar-refractivity contribution in [2.75, 3.05) is 0 Å². The van der Waals surface area contributed by atoms with Crippen LogP contribution in [-0.2, 0) is 73.0 Å². The molecule has 0 saturated heterocycles. The number of benzene rings is 4. The zero-order valence-corrected chi connectivity index (χ0v) is 50.4. The molecule has 0 heterocycles. The van der Waals surface area contributed by atoms with E-state index in [-0.39, 0.29) is 21.7 Å². The van der Waals surface area contributed by atoms with Crippen LogP contribution in [0.2, 0.25) is 42.6 Å². The van der Waals surface area contributed by atoms with E-state index in [9.17, 15) is 0 Å². The van der Waals surface area contributed by atoms with Crippen molar-refractivity contribution in [1.29, 1.82) is 0 Å². The van der Waals surface area contributed by atoms with Gasteiger partial charge in [-0.15, -0.1) is 0 Å². The molecule has 0 nitrogen and oxygen atoms in total. The third-order valence-corrected chi connectivity index (χ3v) is 21.1. The average Bonchev–Trinajstić information content (AvgIpc) is 3.19. The molecule has 1 aliphatic rings. The van der Waals surface area contributed by atoms with Crippen LogP contribution < -0.4 is 0 Å². The molecule has 4 heteroatoms. The quantitative estimate of drug-likeness (QED) is 0.0682. The molecular weight excluding hydrogens is 1040 g/mol. The van der Waals surface area contributed by atoms with Gasteiger partial charge in [0.15, 0.2) is 0 Å². The Hall–Kier alpha value is -1.04. The van der Waals surface area contributed by atoms with Crippen LogP contribution in [0.25, 0.3) is 0 Å². The van der Waals surface area contributed by atoms with E-state index in [0.717, 1.165) is 25.7 Å². The van der Waals surface area contributed by atoms with Gasteiger partial charge in [-0.05, 0) is 0 Å². The fraction of sp³-hybridized carbons (Fsp3) is 0.600. The van der Waals surface area contributed by atoms with Crippen LogP contribution in [0.1, 0.15) is 200 Å². The first-order valence-electron chi connectivity index (χ1n) is 25.0. The van der Waals surface area contributed by atoms with Crippen molar-refractivity contribution in [3.63, 3.8) is 0 Å². The number of rotatable bonds is 16. The van der Waals surface area contributed by atoms with E-state index < -0.39 is 0 Å². The number of hydrogen-bond donors (Lipinski definition) is 0. The van der Waals surface area contributed by atoms with Gasteiger partial charge in [0.1, 0.15) is 0 Å². The predicted octanol–water partition coefficient (Wildman–Crippen LogP) is 16.0. The van der Waals surface area contributed by atoms with Gasteiger partial charge in [0.2, 0.25) is 0 Å². The number of hydrogen-bond acceptors (Lipinski definition) is 0. The fourth-order valence-electron chi connectivity index (χ4n) is 9.56. The summed E-state index contributed by atoms with van der Waals surface area (Å²) < 4.78 is 0. The van der Waals surface area contributed by atoms with Crippen molar-refractivity contribution in [2.24, 2.45) is 0 Å². The summed E-state index contributed by atoms with van der Waals surface area (Å²) in [7, 11) is 0. The molecule has 4 aromatic carbocycles. The Balaban J connectivity index is 2.01. The summed E-state index contributed by atoms with van der Waals surface area (Å²) in [6.07, 6.45) is 8.95. The summed E-state index contributed by atoms with van der Waals surface area (Å²) in [5.41, 5.74) is 25.9. The SMILES string of the molecule is CC[Se]CCc1c2cc(C(C)(C)C)cc1Cc1cc(C(C)(C)C)cc(c1CC[Se]CC)Cc1cc(C(C)(C)C)cc(c1CC[Se]CC)Cc1cc(C(C)(C)C)cc(c1CC[Se]CC)C2. The van der Waals surface area contributed by atoms with Crippen LogP contribution >= 0.6 is 0 Å². The molecule has 0 aliphatic heterocycles. The second-order valence-corrected chi connectivity index (χ2v) is 34.3. The minimum atomic E-state index is 0.0644. The molecular formula is C60H88Se4. The Morgan fingerprint density at radius 3 is 0.578 bits per heavy atom. The molecule has 0 unspecified atom stereocenters. The standard InChI is InChI=1S/C60H88Se4/c1-17-61-25-21-53-41-29-43-35-50(58(8,9)10)37-45(54(43)22-26-62-18-2)31-47-39-52(60(14,15)16)40-48(56(47)24-28-64-20-4)32-46-38-51(59(11,12)13)36-44(55(46)23-27-63-19-3)30-42(53)34-49(33-41)57(5,6)7/h33-40H,17-32H2,1-16H3. The van der Waals surface area contributed by atoms with Crippen molar-refractivity contribution in [3.8, 4) is 0 Å². The molecule has 0 amide bonds. The third-order valence-electron chi connectivity index (χ3n) is 13.5. The van der Waals surface area contributed by atoms with Crippen molar-refractivity contribution in [2.45, 2.75) is 226 Å². The fourth-order valence-corrected chi connectivity index (χ4v) is 14.9. The van der Waals surface area contributed by atoms with Crippen LogP contribution in [0.15, 0.2) is 48.5 Å². The van der Waals surface area contributed by atoms with E-state index >= 15 is 0 Å². The van der Waals surface area contributed by atoms with E-state index in [1.807, 2.05) is 0 Å². The van der Waals surface area contributed by atoms with Gasteiger partial charge in [-0.1, -0.05) is 0 Å². The van der Waals surface area contributed by atoms with Gasteiger partial charge in [0, 0.05) is 0 Å². The van der Waals surface area contributed by atoms with Crippen molar-refractivity contribution < 1.29 is 0 Å². The van der Waals surface area contributed by atoms with E-state index in [1.54, 1.807) is 66.8 Å². The van der Waals surface area contributed by atoms with Crippen molar-refractivity contribution in [3.05, 3.63) is 138 Å². The Labute approximate surface area is 420 Å². The zero-order chi connectivity index (χ0) is 47.0. The van der Waals surface area contributed by atoms with Crippen LogP contribution in [-0.4, -0.2) is 59.8 Å².